The van der Waals surface area contributed by atoms with Gasteiger partial charge in [-0.25, -0.2) is 9.97 Å². The molecule has 0 fully saturated rings. The molecular formula is C7H6N5S. The highest BCUT2D eigenvalue weighted by atomic mass is 32.1. The van der Waals surface area contributed by atoms with E-state index < -0.39 is 0 Å². The highest BCUT2D eigenvalue weighted by molar-refractivity contribution is 7.05. The van der Waals surface area contributed by atoms with Gasteiger partial charge in [0.1, 0.15) is 5.82 Å². The van der Waals surface area contributed by atoms with E-state index in [1.165, 1.54) is 11.5 Å². The van der Waals surface area contributed by atoms with Crippen LogP contribution in [0.2, 0.25) is 0 Å². The minimum atomic E-state index is 0.672. The van der Waals surface area contributed by atoms with Gasteiger partial charge in [0.05, 0.1) is 4.88 Å². The summed E-state index contributed by atoms with van der Waals surface area (Å²) in [4.78, 5) is 8.60. The van der Waals surface area contributed by atoms with Gasteiger partial charge >= 0.3 is 0 Å². The number of aryl methyl sites for hydroxylation is 1. The first-order valence-electron chi connectivity index (χ1n) is 3.61. The first-order chi connectivity index (χ1) is 6.36. The Morgan fingerprint density at radius 1 is 1.54 bits per heavy atom. The van der Waals surface area contributed by atoms with Gasteiger partial charge in [-0.2, -0.15) is 0 Å². The molecule has 0 aliphatic carbocycles. The molecular weight excluding hydrogens is 186 g/mol. The third-order valence-electron chi connectivity index (χ3n) is 1.43. The van der Waals surface area contributed by atoms with Crippen LogP contribution in [0.15, 0.2) is 12.3 Å². The normalized spacial score (nSPS) is 9.92. The van der Waals surface area contributed by atoms with Gasteiger partial charge < -0.3 is 5.32 Å². The van der Waals surface area contributed by atoms with Gasteiger partial charge in [-0.05, 0) is 24.5 Å². The quantitative estimate of drug-likeness (QED) is 0.774. The van der Waals surface area contributed by atoms with Crippen LogP contribution in [0.25, 0.3) is 0 Å². The zero-order valence-electron chi connectivity index (χ0n) is 6.85. The summed E-state index contributed by atoms with van der Waals surface area (Å²) in [6.45, 7) is 1.94. The second-order valence-corrected chi connectivity index (χ2v) is 3.30. The Kier molecular flexibility index (Phi) is 2.13. The van der Waals surface area contributed by atoms with Crippen LogP contribution in [0.1, 0.15) is 4.88 Å². The molecule has 13 heavy (non-hydrogen) atoms. The standard InChI is InChI=1S/C7H6N5S/c1-5-7(11-12-13-5)10-6-2-3-8-4-9-6/h2-3H,1H3,(H,8,9,10). The molecule has 5 nitrogen and oxygen atoms in total. The second kappa shape index (κ2) is 3.44. The molecule has 0 atom stereocenters. The second-order valence-electron chi connectivity index (χ2n) is 2.34. The molecule has 0 unspecified atom stereocenters. The number of nitrogens with zero attached hydrogens (tertiary/aromatic N) is 4. The van der Waals surface area contributed by atoms with Crippen molar-refractivity contribution >= 4 is 23.2 Å². The van der Waals surface area contributed by atoms with E-state index in [1.54, 1.807) is 12.3 Å². The van der Waals surface area contributed by atoms with Crippen molar-refractivity contribution in [2.75, 3.05) is 5.32 Å². The number of anilines is 2. The van der Waals surface area contributed by atoms with Crippen LogP contribution >= 0.6 is 11.5 Å². The molecule has 0 spiro atoms. The lowest BCUT2D eigenvalue weighted by Crippen LogP contribution is -1.95. The van der Waals surface area contributed by atoms with Gasteiger partial charge in [0.2, 0.25) is 0 Å². The zero-order valence-corrected chi connectivity index (χ0v) is 7.67. The Morgan fingerprint density at radius 3 is 3.08 bits per heavy atom. The molecule has 1 N–H and O–H groups in total. The Morgan fingerprint density at radius 2 is 2.46 bits per heavy atom. The molecule has 6 heteroatoms. The summed E-state index contributed by atoms with van der Waals surface area (Å²) >= 11 is 1.35. The smallest absolute Gasteiger partial charge is 0.199 e. The van der Waals surface area contributed by atoms with Crippen LogP contribution in [0.5, 0.6) is 0 Å². The Bertz CT molecular complexity index is 385. The van der Waals surface area contributed by atoms with E-state index in [1.807, 2.05) is 6.92 Å². The molecule has 2 aromatic heterocycles. The predicted octanol–water partition coefficient (Wildman–Crippen LogP) is 1.18. The molecule has 0 aliphatic heterocycles. The molecule has 2 heterocycles. The average molecular weight is 192 g/mol. The summed E-state index contributed by atoms with van der Waals surface area (Å²) in [7, 11) is 0. The lowest BCUT2D eigenvalue weighted by atomic mass is 10.5. The van der Waals surface area contributed by atoms with Crippen molar-refractivity contribution < 1.29 is 0 Å². The van der Waals surface area contributed by atoms with Crippen molar-refractivity contribution in [2.45, 2.75) is 6.92 Å². The Labute approximate surface area is 79.0 Å². The van der Waals surface area contributed by atoms with E-state index in [4.69, 9.17) is 0 Å². The van der Waals surface area contributed by atoms with E-state index in [0.717, 1.165) is 10.7 Å². The van der Waals surface area contributed by atoms with Crippen molar-refractivity contribution in [3.05, 3.63) is 23.5 Å². The fraction of sp³-hybridized carbons (Fsp3) is 0.143. The highest BCUT2D eigenvalue weighted by Crippen LogP contribution is 2.17. The van der Waals surface area contributed by atoms with Crippen molar-refractivity contribution in [1.29, 1.82) is 0 Å². The molecule has 65 valence electrons. The maximum atomic E-state index is 3.89. The Hall–Kier alpha value is -1.56. The van der Waals surface area contributed by atoms with E-state index in [-0.39, 0.29) is 0 Å². The number of hydrogen-bond donors (Lipinski definition) is 1. The minimum Gasteiger partial charge on any atom is -0.322 e. The number of hydrogen-bond acceptors (Lipinski definition) is 6. The molecule has 0 amide bonds. The molecule has 0 saturated carbocycles. The molecule has 0 aromatic carbocycles. The number of rotatable bonds is 2. The largest absolute Gasteiger partial charge is 0.322 e. The Balaban J connectivity index is 2.20. The van der Waals surface area contributed by atoms with Gasteiger partial charge in [0.25, 0.3) is 0 Å². The van der Waals surface area contributed by atoms with E-state index in [2.05, 4.69) is 31.2 Å². The van der Waals surface area contributed by atoms with Crippen LogP contribution in [-0.4, -0.2) is 19.6 Å². The average Bonchev–Trinajstić information content (AvgIpc) is 2.54. The van der Waals surface area contributed by atoms with Crippen molar-refractivity contribution in [3.8, 4) is 0 Å². The van der Waals surface area contributed by atoms with Gasteiger partial charge in [0, 0.05) is 6.20 Å². The fourth-order valence-corrected chi connectivity index (χ4v) is 1.22. The third kappa shape index (κ3) is 1.78. The summed E-state index contributed by atoms with van der Waals surface area (Å²) in [6, 6.07) is 1.75. The van der Waals surface area contributed by atoms with Crippen molar-refractivity contribution in [2.24, 2.45) is 0 Å². The third-order valence-corrected chi connectivity index (χ3v) is 2.06. The SMILES string of the molecule is Cc1snnc1Nc1ccn[c]n1. The van der Waals surface area contributed by atoms with E-state index >= 15 is 0 Å². The van der Waals surface area contributed by atoms with Crippen molar-refractivity contribution in [3.63, 3.8) is 0 Å². The summed E-state index contributed by atoms with van der Waals surface area (Å²) in [5.41, 5.74) is 0. The molecule has 1 radical (unpaired) electrons. The minimum absolute atomic E-state index is 0.672. The molecule has 2 rings (SSSR count). The van der Waals surface area contributed by atoms with E-state index in [0.29, 0.717) is 5.82 Å². The van der Waals surface area contributed by atoms with Gasteiger partial charge in [-0.3, -0.25) is 0 Å². The van der Waals surface area contributed by atoms with Crippen LogP contribution in [0, 0.1) is 13.3 Å². The topological polar surface area (TPSA) is 63.6 Å². The van der Waals surface area contributed by atoms with E-state index in [9.17, 15) is 0 Å². The summed E-state index contributed by atoms with van der Waals surface area (Å²) in [5, 5.41) is 6.90. The van der Waals surface area contributed by atoms with Crippen LogP contribution < -0.4 is 5.32 Å². The number of nitrogens with one attached hydrogen (secondary N) is 1. The zero-order chi connectivity index (χ0) is 9.10. The van der Waals surface area contributed by atoms with Gasteiger partial charge in [-0.1, -0.05) is 4.49 Å². The van der Waals surface area contributed by atoms with Crippen molar-refractivity contribution in [1.82, 2.24) is 19.6 Å². The fourth-order valence-electron chi connectivity index (χ4n) is 0.801. The maximum absolute atomic E-state index is 3.89. The first-order valence-corrected chi connectivity index (χ1v) is 4.38. The van der Waals surface area contributed by atoms with Gasteiger partial charge in [0.15, 0.2) is 12.1 Å². The summed E-state index contributed by atoms with van der Waals surface area (Å²) in [5.74, 6) is 1.41. The molecule has 2 aromatic rings. The summed E-state index contributed by atoms with van der Waals surface area (Å²) < 4.78 is 3.79. The number of aromatic nitrogens is 4. The lowest BCUT2D eigenvalue weighted by Gasteiger charge is -1.99. The monoisotopic (exact) mass is 192 g/mol. The molecule has 0 bridgehead atoms. The first kappa shape index (κ1) is 8.06. The molecule has 0 saturated heterocycles. The van der Waals surface area contributed by atoms with Gasteiger partial charge in [-0.15, -0.1) is 5.10 Å². The predicted molar refractivity (Wildman–Crippen MR) is 48.8 cm³/mol. The molecule has 0 aliphatic rings. The summed E-state index contributed by atoms with van der Waals surface area (Å²) in [6.07, 6.45) is 4.10. The highest BCUT2D eigenvalue weighted by Gasteiger charge is 2.02. The van der Waals surface area contributed by atoms with Crippen LogP contribution in [0.3, 0.4) is 0 Å². The maximum Gasteiger partial charge on any atom is 0.199 e. The van der Waals surface area contributed by atoms with Crippen LogP contribution in [0.4, 0.5) is 11.6 Å². The lowest BCUT2D eigenvalue weighted by molar-refractivity contribution is 1.11. The van der Waals surface area contributed by atoms with Crippen LogP contribution in [-0.2, 0) is 0 Å².